The molecule has 2 nitrogen and oxygen atoms in total. The number of hydrogen-bond donors (Lipinski definition) is 0. The topological polar surface area (TPSA) is 33.0 Å². The van der Waals surface area contributed by atoms with Crippen molar-refractivity contribution in [3.63, 3.8) is 0 Å². The van der Waals surface area contributed by atoms with Crippen molar-refractivity contribution in [2.45, 2.75) is 6.10 Å². The molecule has 0 spiro atoms. The van der Waals surface area contributed by atoms with Gasteiger partial charge >= 0.3 is 0 Å². The molecule has 0 fully saturated rings. The molecule has 0 saturated heterocycles. The van der Waals surface area contributed by atoms with Gasteiger partial charge in [0.25, 0.3) is 0 Å². The maximum absolute atomic E-state index is 9.09. The van der Waals surface area contributed by atoms with E-state index in [-0.39, 0.29) is 0 Å². The van der Waals surface area contributed by atoms with Gasteiger partial charge < -0.3 is 4.74 Å². The molecule has 2 heteroatoms. The third kappa shape index (κ3) is 1.19. The maximum atomic E-state index is 9.09. The summed E-state index contributed by atoms with van der Waals surface area (Å²) in [4.78, 5) is 0. The molecule has 1 aliphatic heterocycles. The summed E-state index contributed by atoms with van der Waals surface area (Å²) in [6.07, 6.45) is -0.494. The highest BCUT2D eigenvalue weighted by molar-refractivity contribution is 5.76. The lowest BCUT2D eigenvalue weighted by atomic mass is 9.93. The van der Waals surface area contributed by atoms with Crippen LogP contribution in [0.15, 0.2) is 48.5 Å². The lowest BCUT2D eigenvalue weighted by Crippen LogP contribution is -2.11. The number of para-hydroxylation sites is 1. The van der Waals surface area contributed by atoms with Crippen molar-refractivity contribution in [2.75, 3.05) is 0 Å². The first-order valence-corrected chi connectivity index (χ1v) is 5.15. The highest BCUT2D eigenvalue weighted by Gasteiger charge is 2.24. The molecule has 1 atom stereocenters. The summed E-state index contributed by atoms with van der Waals surface area (Å²) in [6, 6.07) is 17.9. The molecule has 16 heavy (non-hydrogen) atoms. The summed E-state index contributed by atoms with van der Waals surface area (Å²) in [5, 5.41) is 9.09. The van der Waals surface area contributed by atoms with Crippen LogP contribution in [-0.2, 0) is 0 Å². The molecule has 2 aromatic carbocycles. The summed E-state index contributed by atoms with van der Waals surface area (Å²) in [5.41, 5.74) is 3.10. The average molecular weight is 207 g/mol. The molecular weight excluding hydrogens is 198 g/mol. The van der Waals surface area contributed by atoms with Gasteiger partial charge in [-0.2, -0.15) is 5.26 Å². The SMILES string of the molecule is N#CC1Oc2ccccc2-c2ccccc21. The number of nitrogens with zero attached hydrogens (tertiary/aromatic N) is 1. The molecule has 0 bridgehead atoms. The minimum atomic E-state index is -0.494. The molecule has 1 aliphatic rings. The van der Waals surface area contributed by atoms with Crippen molar-refractivity contribution in [3.8, 4) is 22.9 Å². The zero-order valence-corrected chi connectivity index (χ0v) is 8.55. The summed E-state index contributed by atoms with van der Waals surface area (Å²) in [5.74, 6) is 0.785. The van der Waals surface area contributed by atoms with E-state index in [1.807, 2.05) is 48.5 Å². The lowest BCUT2D eigenvalue weighted by Gasteiger charge is -2.24. The summed E-state index contributed by atoms with van der Waals surface area (Å²) in [7, 11) is 0. The molecule has 0 saturated carbocycles. The molecule has 0 aliphatic carbocycles. The van der Waals surface area contributed by atoms with Gasteiger partial charge in [0.05, 0.1) is 0 Å². The predicted molar refractivity (Wildman–Crippen MR) is 60.9 cm³/mol. The van der Waals surface area contributed by atoms with E-state index in [4.69, 9.17) is 10.00 Å². The van der Waals surface area contributed by atoms with E-state index in [1.54, 1.807) is 0 Å². The number of nitriles is 1. The van der Waals surface area contributed by atoms with Crippen LogP contribution in [0.1, 0.15) is 11.7 Å². The zero-order valence-electron chi connectivity index (χ0n) is 8.55. The van der Waals surface area contributed by atoms with Crippen LogP contribution < -0.4 is 4.74 Å². The first-order valence-electron chi connectivity index (χ1n) is 5.15. The quantitative estimate of drug-likeness (QED) is 0.664. The van der Waals surface area contributed by atoms with Crippen LogP contribution in [0.2, 0.25) is 0 Å². The zero-order chi connectivity index (χ0) is 11.0. The van der Waals surface area contributed by atoms with Crippen LogP contribution in [-0.4, -0.2) is 0 Å². The third-order valence-electron chi connectivity index (χ3n) is 2.78. The Bertz CT molecular complexity index is 583. The molecule has 3 rings (SSSR count). The van der Waals surface area contributed by atoms with Crippen molar-refractivity contribution in [3.05, 3.63) is 54.1 Å². The van der Waals surface area contributed by atoms with Gasteiger partial charge in [-0.25, -0.2) is 0 Å². The van der Waals surface area contributed by atoms with Crippen LogP contribution in [0.25, 0.3) is 11.1 Å². The van der Waals surface area contributed by atoms with E-state index in [9.17, 15) is 0 Å². The van der Waals surface area contributed by atoms with Crippen molar-refractivity contribution in [2.24, 2.45) is 0 Å². The van der Waals surface area contributed by atoms with Crippen LogP contribution in [0.3, 0.4) is 0 Å². The van der Waals surface area contributed by atoms with Crippen molar-refractivity contribution < 1.29 is 4.74 Å². The second kappa shape index (κ2) is 3.39. The fraction of sp³-hybridized carbons (Fsp3) is 0.0714. The Morgan fingerprint density at radius 1 is 0.938 bits per heavy atom. The van der Waals surface area contributed by atoms with E-state index in [2.05, 4.69) is 6.07 Å². The summed E-state index contributed by atoms with van der Waals surface area (Å²) >= 11 is 0. The Morgan fingerprint density at radius 3 is 2.44 bits per heavy atom. The van der Waals surface area contributed by atoms with Crippen LogP contribution in [0.5, 0.6) is 5.75 Å². The Labute approximate surface area is 93.7 Å². The number of ether oxygens (including phenoxy) is 1. The smallest absolute Gasteiger partial charge is 0.210 e. The molecule has 2 aromatic rings. The lowest BCUT2D eigenvalue weighted by molar-refractivity contribution is 0.258. The Morgan fingerprint density at radius 2 is 1.62 bits per heavy atom. The van der Waals surface area contributed by atoms with E-state index >= 15 is 0 Å². The molecule has 0 N–H and O–H groups in total. The van der Waals surface area contributed by atoms with Crippen molar-refractivity contribution >= 4 is 0 Å². The van der Waals surface area contributed by atoms with Crippen molar-refractivity contribution in [1.82, 2.24) is 0 Å². The van der Waals surface area contributed by atoms with Crippen LogP contribution in [0, 0.1) is 11.3 Å². The number of rotatable bonds is 0. The van der Waals surface area contributed by atoms with E-state index in [0.29, 0.717) is 0 Å². The third-order valence-corrected chi connectivity index (χ3v) is 2.78. The van der Waals surface area contributed by atoms with E-state index < -0.39 is 6.10 Å². The minimum absolute atomic E-state index is 0.494. The molecular formula is C14H9NO. The highest BCUT2D eigenvalue weighted by Crippen LogP contribution is 2.41. The first kappa shape index (κ1) is 8.99. The Hall–Kier alpha value is -2.27. The standard InChI is InChI=1S/C14H9NO/c15-9-14-12-7-2-1-5-10(12)11-6-3-4-8-13(11)16-14/h1-8,14H. The summed E-state index contributed by atoms with van der Waals surface area (Å²) in [6.45, 7) is 0. The van der Waals surface area contributed by atoms with Gasteiger partial charge in [-0.3, -0.25) is 0 Å². The van der Waals surface area contributed by atoms with Crippen LogP contribution in [0.4, 0.5) is 0 Å². The van der Waals surface area contributed by atoms with Gasteiger partial charge in [0.1, 0.15) is 11.8 Å². The van der Waals surface area contributed by atoms with Gasteiger partial charge in [0.2, 0.25) is 6.10 Å². The van der Waals surface area contributed by atoms with E-state index in [1.165, 1.54) is 0 Å². The molecule has 0 aromatic heterocycles. The Kier molecular flexibility index (Phi) is 1.91. The highest BCUT2D eigenvalue weighted by atomic mass is 16.5. The second-order valence-corrected chi connectivity index (χ2v) is 3.71. The minimum Gasteiger partial charge on any atom is -0.470 e. The predicted octanol–water partition coefficient (Wildman–Crippen LogP) is 3.31. The fourth-order valence-corrected chi connectivity index (χ4v) is 2.05. The number of hydrogen-bond acceptors (Lipinski definition) is 2. The normalized spacial score (nSPS) is 16.6. The molecule has 0 radical (unpaired) electrons. The fourth-order valence-electron chi connectivity index (χ4n) is 2.05. The molecule has 1 heterocycles. The van der Waals surface area contributed by atoms with E-state index in [0.717, 1.165) is 22.4 Å². The van der Waals surface area contributed by atoms with Gasteiger partial charge in [0.15, 0.2) is 0 Å². The molecule has 0 amide bonds. The first-order chi connectivity index (χ1) is 7.90. The molecule has 76 valence electrons. The van der Waals surface area contributed by atoms with Gasteiger partial charge in [-0.15, -0.1) is 0 Å². The number of fused-ring (bicyclic) bond motifs is 3. The molecule has 1 unspecified atom stereocenters. The van der Waals surface area contributed by atoms with Crippen molar-refractivity contribution in [1.29, 1.82) is 5.26 Å². The summed E-state index contributed by atoms with van der Waals surface area (Å²) < 4.78 is 5.65. The Balaban J connectivity index is 2.29. The van der Waals surface area contributed by atoms with Crippen LogP contribution >= 0.6 is 0 Å². The maximum Gasteiger partial charge on any atom is 0.210 e. The number of benzene rings is 2. The van der Waals surface area contributed by atoms with Gasteiger partial charge in [-0.1, -0.05) is 42.5 Å². The average Bonchev–Trinajstić information content (AvgIpc) is 2.38. The van der Waals surface area contributed by atoms with Gasteiger partial charge in [-0.05, 0) is 11.6 Å². The second-order valence-electron chi connectivity index (χ2n) is 3.71. The largest absolute Gasteiger partial charge is 0.470 e. The monoisotopic (exact) mass is 207 g/mol. The van der Waals surface area contributed by atoms with Gasteiger partial charge in [0, 0.05) is 11.1 Å².